The van der Waals surface area contributed by atoms with Gasteiger partial charge in [-0.2, -0.15) is 0 Å². The first-order valence-corrected chi connectivity index (χ1v) is 12.2. The van der Waals surface area contributed by atoms with Gasteiger partial charge in [0.05, 0.1) is 6.04 Å². The normalized spacial score (nSPS) is 23.2. The van der Waals surface area contributed by atoms with Gasteiger partial charge in [-0.3, -0.25) is 9.69 Å². The number of aromatic nitrogens is 1. The number of hydrogen-bond donors (Lipinski definition) is 2. The number of amides is 1. The van der Waals surface area contributed by atoms with Gasteiger partial charge >= 0.3 is 0 Å². The monoisotopic (exact) mass is 438 g/mol. The molecule has 0 bridgehead atoms. The molecule has 7 heteroatoms. The van der Waals surface area contributed by atoms with Crippen molar-refractivity contribution in [2.45, 2.75) is 51.2 Å². The Morgan fingerprint density at radius 1 is 1.12 bits per heavy atom. The van der Waals surface area contributed by atoms with Crippen molar-refractivity contribution in [1.82, 2.24) is 25.4 Å². The molecule has 1 aromatic rings. The average Bonchev–Trinajstić information content (AvgIpc) is 3.10. The number of carbonyl (C=O) groups excluding carboxylic acids is 1. The van der Waals surface area contributed by atoms with Gasteiger partial charge < -0.3 is 20.4 Å². The molecular formula is C25H38N6O. The van der Waals surface area contributed by atoms with Crippen LogP contribution < -0.4 is 15.5 Å². The molecule has 174 valence electrons. The molecule has 0 radical (unpaired) electrons. The van der Waals surface area contributed by atoms with E-state index in [0.717, 1.165) is 38.4 Å². The highest BCUT2D eigenvalue weighted by molar-refractivity contribution is 5.92. The fourth-order valence-corrected chi connectivity index (χ4v) is 4.93. The zero-order valence-electron chi connectivity index (χ0n) is 19.5. The summed E-state index contributed by atoms with van der Waals surface area (Å²) < 4.78 is 0. The maximum absolute atomic E-state index is 12.6. The van der Waals surface area contributed by atoms with Crippen LogP contribution in [0.15, 0.2) is 42.6 Å². The Kier molecular flexibility index (Phi) is 7.81. The lowest BCUT2D eigenvalue weighted by Crippen LogP contribution is -2.47. The van der Waals surface area contributed by atoms with Gasteiger partial charge in [0.2, 0.25) is 0 Å². The standard InChI is InChI=1S/C25H38N6O/c1-20(2)29-15-10-22(11-16-29)30-13-6-14-31(18-17-30)24-9-5-8-23(28-24)25(32)27-19-21-7-3-4-12-26-21/h3-5,7-9,12,20-22,26H,6,10-11,13-19H2,1-2H3,(H,27,32). The Hall–Kier alpha value is -2.38. The molecule has 7 nitrogen and oxygen atoms in total. The summed E-state index contributed by atoms with van der Waals surface area (Å²) in [6.45, 7) is 11.7. The van der Waals surface area contributed by atoms with Crippen molar-refractivity contribution in [3.8, 4) is 0 Å². The van der Waals surface area contributed by atoms with Crippen LogP contribution in [0.4, 0.5) is 5.82 Å². The van der Waals surface area contributed by atoms with E-state index in [1.54, 1.807) is 6.07 Å². The second-order valence-corrected chi connectivity index (χ2v) is 9.35. The minimum atomic E-state index is -0.120. The topological polar surface area (TPSA) is 63.7 Å². The fourth-order valence-electron chi connectivity index (χ4n) is 4.93. The van der Waals surface area contributed by atoms with Gasteiger partial charge in [-0.25, -0.2) is 4.98 Å². The molecule has 0 aromatic carbocycles. The van der Waals surface area contributed by atoms with Crippen LogP contribution in [0.5, 0.6) is 0 Å². The highest BCUT2D eigenvalue weighted by atomic mass is 16.1. The van der Waals surface area contributed by atoms with Crippen LogP contribution in [0.2, 0.25) is 0 Å². The third-order valence-corrected chi connectivity index (χ3v) is 6.91. The van der Waals surface area contributed by atoms with Crippen molar-refractivity contribution in [3.05, 3.63) is 48.3 Å². The highest BCUT2D eigenvalue weighted by Crippen LogP contribution is 2.21. The van der Waals surface area contributed by atoms with Crippen molar-refractivity contribution < 1.29 is 4.79 Å². The Morgan fingerprint density at radius 3 is 2.72 bits per heavy atom. The maximum Gasteiger partial charge on any atom is 0.270 e. The number of anilines is 1. The van der Waals surface area contributed by atoms with Crippen molar-refractivity contribution in [2.24, 2.45) is 0 Å². The molecule has 4 rings (SSSR count). The van der Waals surface area contributed by atoms with Crippen LogP contribution in [0.25, 0.3) is 0 Å². The number of piperidine rings is 1. The van der Waals surface area contributed by atoms with Crippen LogP contribution in [-0.2, 0) is 0 Å². The SMILES string of the molecule is CC(C)N1CCC(N2CCCN(c3cccc(C(=O)NCC4C=CC=CN4)n3)CC2)CC1. The number of allylic oxidation sites excluding steroid dienone is 2. The van der Waals surface area contributed by atoms with Crippen LogP contribution in [0.1, 0.15) is 43.6 Å². The van der Waals surface area contributed by atoms with E-state index in [1.807, 2.05) is 36.6 Å². The number of carbonyl (C=O) groups is 1. The first-order chi connectivity index (χ1) is 15.6. The summed E-state index contributed by atoms with van der Waals surface area (Å²) >= 11 is 0. The van der Waals surface area contributed by atoms with Crippen LogP contribution in [0.3, 0.4) is 0 Å². The minimum absolute atomic E-state index is 0.120. The molecule has 0 saturated carbocycles. The summed E-state index contributed by atoms with van der Waals surface area (Å²) in [5, 5.41) is 6.21. The third kappa shape index (κ3) is 5.90. The van der Waals surface area contributed by atoms with E-state index in [0.29, 0.717) is 24.3 Å². The molecule has 3 aliphatic rings. The predicted octanol–water partition coefficient (Wildman–Crippen LogP) is 2.24. The molecule has 2 N–H and O–H groups in total. The van der Waals surface area contributed by atoms with Crippen molar-refractivity contribution >= 4 is 11.7 Å². The van der Waals surface area contributed by atoms with Gasteiger partial charge in [-0.05, 0) is 70.6 Å². The van der Waals surface area contributed by atoms with Crippen LogP contribution >= 0.6 is 0 Å². The van der Waals surface area contributed by atoms with Gasteiger partial charge in [0.1, 0.15) is 11.5 Å². The summed E-state index contributed by atoms with van der Waals surface area (Å²) in [4.78, 5) is 25.0. The summed E-state index contributed by atoms with van der Waals surface area (Å²) in [6.07, 6.45) is 11.5. The van der Waals surface area contributed by atoms with Crippen LogP contribution in [0, 0.1) is 0 Å². The molecule has 2 fully saturated rings. The first kappa shape index (κ1) is 22.8. The summed E-state index contributed by atoms with van der Waals surface area (Å²) in [6, 6.07) is 7.25. The molecule has 2 saturated heterocycles. The second kappa shape index (κ2) is 11.0. The number of pyridine rings is 1. The molecule has 1 unspecified atom stereocenters. The molecule has 3 aliphatic heterocycles. The Morgan fingerprint density at radius 2 is 1.97 bits per heavy atom. The molecule has 1 amide bonds. The van der Waals surface area contributed by atoms with E-state index in [1.165, 1.54) is 25.9 Å². The first-order valence-electron chi connectivity index (χ1n) is 12.2. The lowest BCUT2D eigenvalue weighted by Gasteiger charge is -2.39. The van der Waals surface area contributed by atoms with Gasteiger partial charge in [-0.15, -0.1) is 0 Å². The van der Waals surface area contributed by atoms with Crippen molar-refractivity contribution in [2.75, 3.05) is 50.7 Å². The molecule has 0 aliphatic carbocycles. The predicted molar refractivity (Wildman–Crippen MR) is 130 cm³/mol. The van der Waals surface area contributed by atoms with E-state index in [2.05, 4.69) is 39.2 Å². The largest absolute Gasteiger partial charge is 0.383 e. The molecule has 1 aromatic heterocycles. The second-order valence-electron chi connectivity index (χ2n) is 9.35. The van der Waals surface area contributed by atoms with E-state index >= 15 is 0 Å². The molecule has 4 heterocycles. The van der Waals surface area contributed by atoms with Gasteiger partial charge in [0.15, 0.2) is 0 Å². The fraction of sp³-hybridized carbons (Fsp3) is 0.600. The van der Waals surface area contributed by atoms with Gasteiger partial charge in [0.25, 0.3) is 5.91 Å². The van der Waals surface area contributed by atoms with E-state index in [9.17, 15) is 4.79 Å². The zero-order valence-corrected chi connectivity index (χ0v) is 19.5. The van der Waals surface area contributed by atoms with E-state index < -0.39 is 0 Å². The summed E-state index contributed by atoms with van der Waals surface area (Å²) in [7, 11) is 0. The summed E-state index contributed by atoms with van der Waals surface area (Å²) in [5.74, 6) is 0.790. The smallest absolute Gasteiger partial charge is 0.270 e. The molecule has 0 spiro atoms. The van der Waals surface area contributed by atoms with Gasteiger partial charge in [0, 0.05) is 44.8 Å². The number of hydrogen-bond acceptors (Lipinski definition) is 6. The zero-order chi connectivity index (χ0) is 22.3. The molecule has 1 atom stereocenters. The van der Waals surface area contributed by atoms with Gasteiger partial charge in [-0.1, -0.05) is 18.2 Å². The number of nitrogens with zero attached hydrogens (tertiary/aromatic N) is 4. The Bertz CT molecular complexity index is 814. The van der Waals surface area contributed by atoms with Crippen molar-refractivity contribution in [1.29, 1.82) is 0 Å². The number of nitrogens with one attached hydrogen (secondary N) is 2. The number of likely N-dealkylation sites (tertiary alicyclic amines) is 1. The lowest BCUT2D eigenvalue weighted by atomic mass is 10.0. The quantitative estimate of drug-likeness (QED) is 0.710. The van der Waals surface area contributed by atoms with Crippen LogP contribution in [-0.4, -0.2) is 84.6 Å². The Balaban J connectivity index is 1.30. The molecule has 32 heavy (non-hydrogen) atoms. The minimum Gasteiger partial charge on any atom is -0.383 e. The van der Waals surface area contributed by atoms with Crippen molar-refractivity contribution in [3.63, 3.8) is 0 Å². The number of dihydropyridines is 1. The third-order valence-electron chi connectivity index (χ3n) is 6.91. The Labute approximate surface area is 192 Å². The molecular weight excluding hydrogens is 400 g/mol. The number of rotatable bonds is 6. The summed E-state index contributed by atoms with van der Waals surface area (Å²) in [5.41, 5.74) is 0.486. The van der Waals surface area contributed by atoms with E-state index in [-0.39, 0.29) is 11.9 Å². The average molecular weight is 439 g/mol. The lowest BCUT2D eigenvalue weighted by molar-refractivity contribution is 0.0947. The van der Waals surface area contributed by atoms with E-state index in [4.69, 9.17) is 4.98 Å². The highest BCUT2D eigenvalue weighted by Gasteiger charge is 2.27. The maximum atomic E-state index is 12.6.